The van der Waals surface area contributed by atoms with Crippen LogP contribution in [0.2, 0.25) is 0 Å². The summed E-state index contributed by atoms with van der Waals surface area (Å²) in [6.45, 7) is 8.20. The SMILES string of the molecule is C/C=C\C(=C/C)N1c2ccccc2B2c3ccc(N(c4ccc(-c5ccccc5)cc4)c4ccc5c(c4)c4ccccc4n5-c4ccccc4)cc3Oc3cccc1c32.CC. The summed E-state index contributed by atoms with van der Waals surface area (Å²) in [7, 11) is 0. The lowest BCUT2D eigenvalue weighted by Gasteiger charge is -2.40. The molecule has 11 rings (SSSR count). The van der Waals surface area contributed by atoms with Crippen LogP contribution in [0, 0.1) is 0 Å². The molecule has 8 aromatic carbocycles. The molecular weight excluding hydrogens is 741 g/mol. The van der Waals surface area contributed by atoms with Crippen LogP contribution in [0.4, 0.5) is 28.4 Å². The highest BCUT2D eigenvalue weighted by atomic mass is 16.5. The Balaban J connectivity index is 0.00000220. The summed E-state index contributed by atoms with van der Waals surface area (Å²) < 4.78 is 9.35. The molecular formula is C56H46BN3O. The zero-order chi connectivity index (χ0) is 41.5. The number of anilines is 5. The van der Waals surface area contributed by atoms with Crippen LogP contribution >= 0.6 is 0 Å². The number of allylic oxidation sites excluding steroid dienone is 3. The fourth-order valence-corrected chi connectivity index (χ4v) is 9.34. The van der Waals surface area contributed by atoms with E-state index < -0.39 is 0 Å². The lowest BCUT2D eigenvalue weighted by atomic mass is 9.34. The van der Waals surface area contributed by atoms with Gasteiger partial charge in [-0.1, -0.05) is 135 Å². The second-order valence-electron chi connectivity index (χ2n) is 15.2. The number of nitrogens with zero attached hydrogens (tertiary/aromatic N) is 3. The maximum atomic E-state index is 6.99. The third-order valence-corrected chi connectivity index (χ3v) is 11.9. The first-order valence-electron chi connectivity index (χ1n) is 21.4. The summed E-state index contributed by atoms with van der Waals surface area (Å²) in [6.07, 6.45) is 6.46. The normalized spacial score (nSPS) is 12.7. The van der Waals surface area contributed by atoms with Gasteiger partial charge in [0.2, 0.25) is 0 Å². The van der Waals surface area contributed by atoms with Gasteiger partial charge in [0.1, 0.15) is 11.5 Å². The van der Waals surface area contributed by atoms with E-state index in [9.17, 15) is 0 Å². The fraction of sp³-hybridized carbons (Fsp3) is 0.0714. The molecule has 61 heavy (non-hydrogen) atoms. The monoisotopic (exact) mass is 787 g/mol. The highest BCUT2D eigenvalue weighted by molar-refractivity contribution is 6.99. The molecule has 9 aromatic rings. The van der Waals surface area contributed by atoms with E-state index in [2.05, 4.69) is 234 Å². The van der Waals surface area contributed by atoms with Crippen molar-refractivity contribution < 1.29 is 4.74 Å². The Bertz CT molecular complexity index is 3110. The molecule has 4 nitrogen and oxygen atoms in total. The van der Waals surface area contributed by atoms with Crippen LogP contribution in [0.3, 0.4) is 0 Å². The number of fused-ring (bicyclic) bond motifs is 7. The van der Waals surface area contributed by atoms with E-state index in [0.29, 0.717) is 0 Å². The maximum Gasteiger partial charge on any atom is 0.256 e. The summed E-state index contributed by atoms with van der Waals surface area (Å²) in [5.41, 5.74) is 16.1. The van der Waals surface area contributed by atoms with Crippen LogP contribution in [0.5, 0.6) is 11.5 Å². The van der Waals surface area contributed by atoms with Crippen LogP contribution in [0.15, 0.2) is 212 Å². The van der Waals surface area contributed by atoms with Crippen LogP contribution in [0.1, 0.15) is 27.7 Å². The van der Waals surface area contributed by atoms with Gasteiger partial charge in [-0.05, 0) is 120 Å². The van der Waals surface area contributed by atoms with E-state index in [1.165, 1.54) is 49.5 Å². The Hall–Kier alpha value is -7.50. The summed E-state index contributed by atoms with van der Waals surface area (Å²) >= 11 is 0. The average molecular weight is 788 g/mol. The van der Waals surface area contributed by atoms with E-state index in [0.717, 1.165) is 51.1 Å². The minimum atomic E-state index is 0.0224. The molecule has 3 heterocycles. The van der Waals surface area contributed by atoms with Gasteiger partial charge >= 0.3 is 0 Å². The maximum absolute atomic E-state index is 6.99. The minimum Gasteiger partial charge on any atom is -0.458 e. The van der Waals surface area contributed by atoms with Crippen LogP contribution in [-0.4, -0.2) is 11.3 Å². The van der Waals surface area contributed by atoms with Crippen LogP contribution in [-0.2, 0) is 0 Å². The summed E-state index contributed by atoms with van der Waals surface area (Å²) in [6, 6.07) is 67.8. The Morgan fingerprint density at radius 3 is 1.95 bits per heavy atom. The molecule has 0 bridgehead atoms. The molecule has 0 atom stereocenters. The number of hydrogen-bond donors (Lipinski definition) is 0. The molecule has 294 valence electrons. The van der Waals surface area contributed by atoms with Gasteiger partial charge in [0, 0.05) is 56.7 Å². The molecule has 2 aliphatic heterocycles. The van der Waals surface area contributed by atoms with Crippen molar-refractivity contribution in [3.8, 4) is 28.3 Å². The molecule has 0 spiro atoms. The van der Waals surface area contributed by atoms with Gasteiger partial charge in [0.05, 0.1) is 11.0 Å². The van der Waals surface area contributed by atoms with Gasteiger partial charge in [-0.3, -0.25) is 0 Å². The Morgan fingerprint density at radius 2 is 1.16 bits per heavy atom. The summed E-state index contributed by atoms with van der Waals surface area (Å²) in [4.78, 5) is 4.74. The van der Waals surface area contributed by atoms with Crippen molar-refractivity contribution in [2.75, 3.05) is 9.80 Å². The minimum absolute atomic E-state index is 0.0224. The molecule has 0 fully saturated rings. The fourth-order valence-electron chi connectivity index (χ4n) is 9.34. The van der Waals surface area contributed by atoms with Crippen molar-refractivity contribution in [1.82, 2.24) is 4.57 Å². The average Bonchev–Trinajstić information content (AvgIpc) is 3.66. The van der Waals surface area contributed by atoms with Crippen molar-refractivity contribution in [2.24, 2.45) is 0 Å². The van der Waals surface area contributed by atoms with Crippen molar-refractivity contribution in [1.29, 1.82) is 0 Å². The van der Waals surface area contributed by atoms with Gasteiger partial charge in [-0.25, -0.2) is 0 Å². The molecule has 2 aliphatic rings. The third kappa shape index (κ3) is 6.33. The largest absolute Gasteiger partial charge is 0.458 e. The zero-order valence-electron chi connectivity index (χ0n) is 35.0. The molecule has 0 radical (unpaired) electrons. The number of aromatic nitrogens is 1. The highest BCUT2D eigenvalue weighted by Gasteiger charge is 2.41. The molecule has 5 heteroatoms. The Labute approximate surface area is 359 Å². The highest BCUT2D eigenvalue weighted by Crippen LogP contribution is 2.43. The van der Waals surface area contributed by atoms with Gasteiger partial charge in [-0.15, -0.1) is 0 Å². The molecule has 0 unspecified atom stereocenters. The standard InChI is InChI=1S/C54H40BN3O.C2H6/c1-3-16-39(4-2)57-50-24-14-12-22-46(50)55-47-33-31-43(36-53(47)59-52-26-15-25-51(57)54(52)55)56(41-29-27-38(28-30-41)37-17-7-5-8-18-37)42-32-34-49-45(35-42)44-21-11-13-23-48(44)58(49)40-19-9-6-10-20-40;1-2/h3-36H,1-2H3;1-2H3/b16-3-,39-4+;. The van der Waals surface area contributed by atoms with Gasteiger partial charge in [-0.2, -0.15) is 0 Å². The summed E-state index contributed by atoms with van der Waals surface area (Å²) in [5.74, 6) is 1.76. The molecule has 0 amide bonds. The van der Waals surface area contributed by atoms with E-state index in [1.807, 2.05) is 13.8 Å². The van der Waals surface area contributed by atoms with Crippen molar-refractivity contribution in [3.05, 3.63) is 212 Å². The number of hydrogen-bond acceptors (Lipinski definition) is 3. The van der Waals surface area contributed by atoms with Gasteiger partial charge < -0.3 is 19.1 Å². The quantitative estimate of drug-likeness (QED) is 0.119. The van der Waals surface area contributed by atoms with E-state index >= 15 is 0 Å². The van der Waals surface area contributed by atoms with E-state index in [-0.39, 0.29) is 6.71 Å². The van der Waals surface area contributed by atoms with Crippen molar-refractivity contribution in [2.45, 2.75) is 27.7 Å². The first kappa shape index (κ1) is 37.8. The first-order chi connectivity index (χ1) is 30.2. The number of ether oxygens (including phenoxy) is 1. The number of rotatable bonds is 7. The second-order valence-corrected chi connectivity index (χ2v) is 15.2. The Kier molecular flexibility index (Phi) is 9.86. The predicted molar refractivity (Wildman–Crippen MR) is 261 cm³/mol. The summed E-state index contributed by atoms with van der Waals surface area (Å²) in [5, 5.41) is 2.42. The van der Waals surface area contributed by atoms with E-state index in [1.54, 1.807) is 0 Å². The van der Waals surface area contributed by atoms with E-state index in [4.69, 9.17) is 4.74 Å². The van der Waals surface area contributed by atoms with Crippen LogP contribution in [0.25, 0.3) is 38.6 Å². The second kappa shape index (κ2) is 15.9. The molecule has 0 N–H and O–H groups in total. The predicted octanol–water partition coefficient (Wildman–Crippen LogP) is 13.5. The zero-order valence-corrected chi connectivity index (χ0v) is 35.0. The topological polar surface area (TPSA) is 20.6 Å². The van der Waals surface area contributed by atoms with Crippen molar-refractivity contribution >= 4 is 73.3 Å². The Morgan fingerprint density at radius 1 is 0.525 bits per heavy atom. The molecule has 0 saturated heterocycles. The van der Waals surface area contributed by atoms with Gasteiger partial charge in [0.15, 0.2) is 0 Å². The third-order valence-electron chi connectivity index (χ3n) is 11.9. The molecule has 0 saturated carbocycles. The number of para-hydroxylation sites is 3. The molecule has 0 aliphatic carbocycles. The van der Waals surface area contributed by atoms with Crippen molar-refractivity contribution in [3.63, 3.8) is 0 Å². The lowest BCUT2D eigenvalue weighted by Crippen LogP contribution is -2.59. The lowest BCUT2D eigenvalue weighted by molar-refractivity contribution is 0.487. The van der Waals surface area contributed by atoms with Crippen LogP contribution < -0.4 is 30.9 Å². The smallest absolute Gasteiger partial charge is 0.256 e. The van der Waals surface area contributed by atoms with Gasteiger partial charge in [0.25, 0.3) is 6.71 Å². The number of benzene rings is 8. The first-order valence-corrected chi connectivity index (χ1v) is 21.4. The molecule has 1 aromatic heterocycles.